The van der Waals surface area contributed by atoms with E-state index in [9.17, 15) is 18.0 Å². The standard InChI is InChI=1S/C20H21ClN2O5S/c1-2-28-20(25)16-6-4-8-18(14-16)29(26,27)23-11-9-22(10-12-23)19(24)15-5-3-7-17(21)13-15/h3-8,13-14H,2,9-12H2,1H3. The molecule has 0 aromatic heterocycles. The Bertz CT molecular complexity index is 1020. The second-order valence-electron chi connectivity index (χ2n) is 6.45. The maximum atomic E-state index is 13.0. The van der Waals surface area contributed by atoms with Gasteiger partial charge in [0.15, 0.2) is 0 Å². The summed E-state index contributed by atoms with van der Waals surface area (Å²) in [6.07, 6.45) is 0. The van der Waals surface area contributed by atoms with Crippen LogP contribution in [0.25, 0.3) is 0 Å². The lowest BCUT2D eigenvalue weighted by molar-refractivity contribution is 0.0525. The first-order valence-electron chi connectivity index (χ1n) is 9.15. The van der Waals surface area contributed by atoms with Crippen LogP contribution in [-0.2, 0) is 14.8 Å². The van der Waals surface area contributed by atoms with Crippen LogP contribution in [0.5, 0.6) is 0 Å². The van der Waals surface area contributed by atoms with Crippen molar-refractivity contribution < 1.29 is 22.7 Å². The first-order chi connectivity index (χ1) is 13.8. The van der Waals surface area contributed by atoms with Gasteiger partial charge >= 0.3 is 5.97 Å². The Morgan fingerprint density at radius 1 is 1.00 bits per heavy atom. The fourth-order valence-corrected chi connectivity index (χ4v) is 4.74. The third-order valence-electron chi connectivity index (χ3n) is 4.58. The van der Waals surface area contributed by atoms with Crippen molar-refractivity contribution in [3.05, 3.63) is 64.7 Å². The van der Waals surface area contributed by atoms with E-state index in [1.165, 1.54) is 28.6 Å². The van der Waals surface area contributed by atoms with Gasteiger partial charge in [0.2, 0.25) is 10.0 Å². The number of halogens is 1. The summed E-state index contributed by atoms with van der Waals surface area (Å²) in [7, 11) is -3.79. The molecule has 0 N–H and O–H groups in total. The first-order valence-corrected chi connectivity index (χ1v) is 11.0. The maximum absolute atomic E-state index is 13.0. The summed E-state index contributed by atoms with van der Waals surface area (Å²) in [4.78, 5) is 26.1. The van der Waals surface area contributed by atoms with Crippen LogP contribution in [0, 0.1) is 0 Å². The molecule has 154 valence electrons. The van der Waals surface area contributed by atoms with Crippen molar-refractivity contribution in [2.24, 2.45) is 0 Å². The van der Waals surface area contributed by atoms with Gasteiger partial charge in [0.25, 0.3) is 5.91 Å². The molecule has 7 nitrogen and oxygen atoms in total. The Balaban J connectivity index is 1.71. The summed E-state index contributed by atoms with van der Waals surface area (Å²) in [5.41, 5.74) is 0.652. The molecule has 2 aromatic rings. The summed E-state index contributed by atoms with van der Waals surface area (Å²) in [6, 6.07) is 12.4. The summed E-state index contributed by atoms with van der Waals surface area (Å²) < 4.78 is 32.2. The molecule has 0 radical (unpaired) electrons. The number of carbonyl (C=O) groups excluding carboxylic acids is 2. The van der Waals surface area contributed by atoms with Gasteiger partial charge in [-0.3, -0.25) is 4.79 Å². The molecule has 1 aliphatic rings. The summed E-state index contributed by atoms with van der Waals surface area (Å²) in [6.45, 7) is 2.75. The predicted octanol–water partition coefficient (Wildman–Crippen LogP) is 2.66. The van der Waals surface area contributed by atoms with Crippen molar-refractivity contribution in [3.63, 3.8) is 0 Å². The summed E-state index contributed by atoms with van der Waals surface area (Å²) in [5, 5.41) is 0.471. The molecule has 1 heterocycles. The van der Waals surface area contributed by atoms with Gasteiger partial charge in [0.05, 0.1) is 17.1 Å². The lowest BCUT2D eigenvalue weighted by Gasteiger charge is -2.34. The Labute approximate surface area is 174 Å². The molecule has 0 unspecified atom stereocenters. The molecule has 1 amide bonds. The van der Waals surface area contributed by atoms with Crippen molar-refractivity contribution >= 4 is 33.5 Å². The zero-order chi connectivity index (χ0) is 21.0. The SMILES string of the molecule is CCOC(=O)c1cccc(S(=O)(=O)N2CCN(C(=O)c3cccc(Cl)c3)CC2)c1. The largest absolute Gasteiger partial charge is 0.462 e. The van der Waals surface area contributed by atoms with Gasteiger partial charge in [-0.05, 0) is 43.3 Å². The van der Waals surface area contributed by atoms with Gasteiger partial charge < -0.3 is 9.64 Å². The van der Waals surface area contributed by atoms with Crippen molar-refractivity contribution in [2.45, 2.75) is 11.8 Å². The van der Waals surface area contributed by atoms with Crippen LogP contribution in [0.15, 0.2) is 53.4 Å². The van der Waals surface area contributed by atoms with Gasteiger partial charge in [-0.1, -0.05) is 23.7 Å². The number of sulfonamides is 1. The molecule has 3 rings (SSSR count). The smallest absolute Gasteiger partial charge is 0.338 e. The molecule has 2 aromatic carbocycles. The molecular weight excluding hydrogens is 416 g/mol. The minimum Gasteiger partial charge on any atom is -0.462 e. The van der Waals surface area contributed by atoms with Crippen molar-refractivity contribution in [1.29, 1.82) is 0 Å². The number of hydrogen-bond acceptors (Lipinski definition) is 5. The second-order valence-corrected chi connectivity index (χ2v) is 8.83. The Kier molecular flexibility index (Phi) is 6.56. The van der Waals surface area contributed by atoms with Crippen LogP contribution in [-0.4, -0.2) is 62.3 Å². The van der Waals surface area contributed by atoms with Crippen molar-refractivity contribution in [2.75, 3.05) is 32.8 Å². The Morgan fingerprint density at radius 2 is 1.66 bits per heavy atom. The van der Waals surface area contributed by atoms with E-state index in [0.717, 1.165) is 0 Å². The molecule has 1 fully saturated rings. The van der Waals surface area contributed by atoms with E-state index < -0.39 is 16.0 Å². The molecule has 1 saturated heterocycles. The summed E-state index contributed by atoms with van der Waals surface area (Å²) >= 11 is 5.94. The average Bonchev–Trinajstić information content (AvgIpc) is 2.73. The van der Waals surface area contributed by atoms with E-state index in [2.05, 4.69) is 0 Å². The number of amides is 1. The predicted molar refractivity (Wildman–Crippen MR) is 109 cm³/mol. The number of hydrogen-bond donors (Lipinski definition) is 0. The van der Waals surface area contributed by atoms with E-state index in [0.29, 0.717) is 10.6 Å². The molecule has 0 saturated carbocycles. The van der Waals surface area contributed by atoms with Crippen molar-refractivity contribution in [3.8, 4) is 0 Å². The first kappa shape index (κ1) is 21.3. The monoisotopic (exact) mass is 436 g/mol. The maximum Gasteiger partial charge on any atom is 0.338 e. The average molecular weight is 437 g/mol. The molecule has 0 atom stereocenters. The minimum absolute atomic E-state index is 0.0256. The zero-order valence-corrected chi connectivity index (χ0v) is 17.4. The Hall–Kier alpha value is -2.42. The highest BCUT2D eigenvalue weighted by Crippen LogP contribution is 2.20. The molecule has 1 aliphatic heterocycles. The highest BCUT2D eigenvalue weighted by molar-refractivity contribution is 7.89. The number of esters is 1. The highest BCUT2D eigenvalue weighted by Gasteiger charge is 2.31. The zero-order valence-electron chi connectivity index (χ0n) is 15.9. The molecule has 29 heavy (non-hydrogen) atoms. The van der Waals surface area contributed by atoms with Crippen LogP contribution >= 0.6 is 11.6 Å². The van der Waals surface area contributed by atoms with E-state index >= 15 is 0 Å². The fraction of sp³-hybridized carbons (Fsp3) is 0.300. The normalized spacial score (nSPS) is 15.2. The van der Waals surface area contributed by atoms with Crippen LogP contribution in [0.4, 0.5) is 0 Å². The van der Waals surface area contributed by atoms with Gasteiger partial charge in [0, 0.05) is 36.8 Å². The molecule has 0 spiro atoms. The number of nitrogens with zero attached hydrogens (tertiary/aromatic N) is 2. The van der Waals surface area contributed by atoms with Gasteiger partial charge in [-0.15, -0.1) is 0 Å². The van der Waals surface area contributed by atoms with Gasteiger partial charge in [-0.25, -0.2) is 13.2 Å². The fourth-order valence-electron chi connectivity index (χ4n) is 3.08. The van der Waals surface area contributed by atoms with Crippen molar-refractivity contribution in [1.82, 2.24) is 9.21 Å². The second kappa shape index (κ2) is 8.94. The van der Waals surface area contributed by atoms with Crippen LogP contribution < -0.4 is 0 Å². The molecule has 9 heteroatoms. The lowest BCUT2D eigenvalue weighted by atomic mass is 10.2. The van der Waals surface area contributed by atoms with E-state index in [1.807, 2.05) is 0 Å². The van der Waals surface area contributed by atoms with E-state index in [-0.39, 0.29) is 49.2 Å². The van der Waals surface area contributed by atoms with E-state index in [4.69, 9.17) is 16.3 Å². The quantitative estimate of drug-likeness (QED) is 0.673. The molecular formula is C20H21ClN2O5S. The van der Waals surface area contributed by atoms with E-state index in [1.54, 1.807) is 36.1 Å². The highest BCUT2D eigenvalue weighted by atomic mass is 35.5. The Morgan fingerprint density at radius 3 is 2.31 bits per heavy atom. The van der Waals surface area contributed by atoms with Crippen LogP contribution in [0.2, 0.25) is 5.02 Å². The van der Waals surface area contributed by atoms with Crippen LogP contribution in [0.3, 0.4) is 0 Å². The minimum atomic E-state index is -3.79. The number of ether oxygens (including phenoxy) is 1. The molecule has 0 bridgehead atoms. The third kappa shape index (κ3) is 4.77. The lowest BCUT2D eigenvalue weighted by Crippen LogP contribution is -2.50. The third-order valence-corrected chi connectivity index (χ3v) is 6.71. The van der Waals surface area contributed by atoms with Gasteiger partial charge in [0.1, 0.15) is 0 Å². The number of carbonyl (C=O) groups is 2. The molecule has 0 aliphatic carbocycles. The van der Waals surface area contributed by atoms with Gasteiger partial charge in [-0.2, -0.15) is 4.31 Å². The number of rotatable bonds is 5. The topological polar surface area (TPSA) is 84.0 Å². The number of benzene rings is 2. The van der Waals surface area contributed by atoms with Crippen LogP contribution in [0.1, 0.15) is 27.6 Å². The number of piperazine rings is 1. The summed E-state index contributed by atoms with van der Waals surface area (Å²) in [5.74, 6) is -0.754.